The monoisotopic (exact) mass is 265 g/mol. The SMILES string of the molecule is CCOCC(C)Nc1ccc(N)c(OCC2CC2)n1. The lowest BCUT2D eigenvalue weighted by molar-refractivity contribution is 0.141. The molecule has 5 heteroatoms. The lowest BCUT2D eigenvalue weighted by Crippen LogP contribution is -2.22. The predicted octanol–water partition coefficient (Wildman–Crippen LogP) is 2.29. The second-order valence-corrected chi connectivity index (χ2v) is 5.05. The van der Waals surface area contributed by atoms with Gasteiger partial charge in [0.15, 0.2) is 0 Å². The van der Waals surface area contributed by atoms with Crippen molar-refractivity contribution in [3.05, 3.63) is 12.1 Å². The third-order valence-electron chi connectivity index (χ3n) is 3.01. The number of rotatable bonds is 8. The number of nitrogens with two attached hydrogens (primary N) is 1. The van der Waals surface area contributed by atoms with Gasteiger partial charge in [-0.3, -0.25) is 0 Å². The standard InChI is InChI=1S/C14H23N3O2/c1-3-18-8-10(2)16-13-7-6-12(15)14(17-13)19-9-11-4-5-11/h6-7,10-11H,3-5,8-9,15H2,1-2H3,(H,16,17). The molecular formula is C14H23N3O2. The molecule has 1 aromatic rings. The van der Waals surface area contributed by atoms with Crippen molar-refractivity contribution >= 4 is 11.5 Å². The highest BCUT2D eigenvalue weighted by atomic mass is 16.5. The molecule has 2 rings (SSSR count). The molecule has 1 aliphatic carbocycles. The van der Waals surface area contributed by atoms with Crippen LogP contribution < -0.4 is 15.8 Å². The molecule has 1 fully saturated rings. The van der Waals surface area contributed by atoms with Crippen molar-refractivity contribution in [3.8, 4) is 5.88 Å². The Morgan fingerprint density at radius 3 is 2.95 bits per heavy atom. The minimum Gasteiger partial charge on any atom is -0.476 e. The number of ether oxygens (including phenoxy) is 2. The van der Waals surface area contributed by atoms with Crippen LogP contribution in [0.2, 0.25) is 0 Å². The summed E-state index contributed by atoms with van der Waals surface area (Å²) in [6.45, 7) is 6.13. The average Bonchev–Trinajstić information content (AvgIpc) is 3.21. The number of pyridine rings is 1. The van der Waals surface area contributed by atoms with Gasteiger partial charge in [0, 0.05) is 12.6 Å². The summed E-state index contributed by atoms with van der Waals surface area (Å²) in [4.78, 5) is 4.41. The first kappa shape index (κ1) is 13.9. The predicted molar refractivity (Wildman–Crippen MR) is 76.4 cm³/mol. The quantitative estimate of drug-likeness (QED) is 0.754. The highest BCUT2D eigenvalue weighted by Crippen LogP contribution is 2.30. The van der Waals surface area contributed by atoms with Gasteiger partial charge in [-0.1, -0.05) is 0 Å². The summed E-state index contributed by atoms with van der Waals surface area (Å²) in [5.74, 6) is 1.99. The molecule has 1 unspecified atom stereocenters. The van der Waals surface area contributed by atoms with Gasteiger partial charge in [-0.2, -0.15) is 4.98 Å². The van der Waals surface area contributed by atoms with Crippen molar-refractivity contribution in [3.63, 3.8) is 0 Å². The summed E-state index contributed by atoms with van der Waals surface area (Å²) >= 11 is 0. The van der Waals surface area contributed by atoms with E-state index >= 15 is 0 Å². The molecule has 19 heavy (non-hydrogen) atoms. The second-order valence-electron chi connectivity index (χ2n) is 5.05. The van der Waals surface area contributed by atoms with Crippen molar-refractivity contribution in [1.29, 1.82) is 0 Å². The first-order valence-corrected chi connectivity index (χ1v) is 6.92. The number of nitrogens with zero attached hydrogens (tertiary/aromatic N) is 1. The molecule has 1 aromatic heterocycles. The van der Waals surface area contributed by atoms with Crippen LogP contribution in [0.3, 0.4) is 0 Å². The summed E-state index contributed by atoms with van der Waals surface area (Å²) in [6.07, 6.45) is 2.51. The van der Waals surface area contributed by atoms with Gasteiger partial charge >= 0.3 is 0 Å². The van der Waals surface area contributed by atoms with Crippen LogP contribution in [-0.2, 0) is 4.74 Å². The van der Waals surface area contributed by atoms with Gasteiger partial charge in [0.25, 0.3) is 0 Å². The summed E-state index contributed by atoms with van der Waals surface area (Å²) < 4.78 is 11.0. The Morgan fingerprint density at radius 1 is 1.47 bits per heavy atom. The van der Waals surface area contributed by atoms with Crippen LogP contribution in [0.1, 0.15) is 26.7 Å². The van der Waals surface area contributed by atoms with E-state index in [1.807, 2.05) is 19.1 Å². The Hall–Kier alpha value is -1.49. The van der Waals surface area contributed by atoms with E-state index in [0.29, 0.717) is 24.1 Å². The molecule has 0 amide bonds. The summed E-state index contributed by atoms with van der Waals surface area (Å²) in [5, 5.41) is 3.28. The maximum atomic E-state index is 5.87. The molecule has 5 nitrogen and oxygen atoms in total. The Morgan fingerprint density at radius 2 is 2.26 bits per heavy atom. The van der Waals surface area contributed by atoms with E-state index in [0.717, 1.165) is 19.0 Å². The van der Waals surface area contributed by atoms with Gasteiger partial charge in [0.2, 0.25) is 5.88 Å². The zero-order chi connectivity index (χ0) is 13.7. The zero-order valence-corrected chi connectivity index (χ0v) is 11.7. The maximum Gasteiger partial charge on any atom is 0.239 e. The second kappa shape index (κ2) is 6.61. The first-order valence-electron chi connectivity index (χ1n) is 6.92. The van der Waals surface area contributed by atoms with Crippen molar-refractivity contribution in [2.24, 2.45) is 5.92 Å². The van der Waals surface area contributed by atoms with Crippen LogP contribution in [0.25, 0.3) is 0 Å². The van der Waals surface area contributed by atoms with E-state index in [1.54, 1.807) is 0 Å². The number of hydrogen-bond donors (Lipinski definition) is 2. The van der Waals surface area contributed by atoms with Crippen LogP contribution >= 0.6 is 0 Å². The number of hydrogen-bond acceptors (Lipinski definition) is 5. The van der Waals surface area contributed by atoms with Gasteiger partial charge < -0.3 is 20.5 Å². The van der Waals surface area contributed by atoms with E-state index in [-0.39, 0.29) is 6.04 Å². The largest absolute Gasteiger partial charge is 0.476 e. The summed E-state index contributed by atoms with van der Waals surface area (Å²) in [7, 11) is 0. The third-order valence-corrected chi connectivity index (χ3v) is 3.01. The molecule has 0 spiro atoms. The Bertz CT molecular complexity index is 408. The summed E-state index contributed by atoms with van der Waals surface area (Å²) in [6, 6.07) is 3.89. The van der Waals surface area contributed by atoms with Gasteiger partial charge in [-0.05, 0) is 44.7 Å². The molecule has 1 aliphatic rings. The van der Waals surface area contributed by atoms with Crippen molar-refractivity contribution < 1.29 is 9.47 Å². The van der Waals surface area contributed by atoms with Crippen LogP contribution in [0.4, 0.5) is 11.5 Å². The average molecular weight is 265 g/mol. The topological polar surface area (TPSA) is 69.4 Å². The van der Waals surface area contributed by atoms with Crippen LogP contribution in [0.15, 0.2) is 12.1 Å². The van der Waals surface area contributed by atoms with Gasteiger partial charge in [-0.25, -0.2) is 0 Å². The van der Waals surface area contributed by atoms with E-state index in [1.165, 1.54) is 12.8 Å². The van der Waals surface area contributed by atoms with E-state index < -0.39 is 0 Å². The number of anilines is 2. The number of aromatic nitrogens is 1. The molecule has 1 heterocycles. The van der Waals surface area contributed by atoms with E-state index in [9.17, 15) is 0 Å². The van der Waals surface area contributed by atoms with E-state index in [2.05, 4.69) is 17.2 Å². The molecule has 0 aromatic carbocycles. The van der Waals surface area contributed by atoms with Crippen molar-refractivity contribution in [2.45, 2.75) is 32.7 Å². The minimum atomic E-state index is 0.201. The number of nitrogens with one attached hydrogen (secondary N) is 1. The third kappa shape index (κ3) is 4.59. The highest BCUT2D eigenvalue weighted by molar-refractivity contribution is 5.53. The molecule has 0 aliphatic heterocycles. The normalized spacial score (nSPS) is 16.1. The van der Waals surface area contributed by atoms with Crippen molar-refractivity contribution in [2.75, 3.05) is 30.9 Å². The lowest BCUT2D eigenvalue weighted by Gasteiger charge is -2.15. The molecule has 1 atom stereocenters. The van der Waals surface area contributed by atoms with Gasteiger partial charge in [0.05, 0.1) is 18.9 Å². The highest BCUT2D eigenvalue weighted by Gasteiger charge is 2.22. The fourth-order valence-electron chi connectivity index (χ4n) is 1.72. The first-order chi connectivity index (χ1) is 9.19. The van der Waals surface area contributed by atoms with Gasteiger partial charge in [-0.15, -0.1) is 0 Å². The smallest absolute Gasteiger partial charge is 0.239 e. The van der Waals surface area contributed by atoms with Crippen molar-refractivity contribution in [1.82, 2.24) is 4.98 Å². The summed E-state index contributed by atoms with van der Waals surface area (Å²) in [5.41, 5.74) is 6.45. The fraction of sp³-hybridized carbons (Fsp3) is 0.643. The van der Waals surface area contributed by atoms with Gasteiger partial charge in [0.1, 0.15) is 5.82 Å². The minimum absolute atomic E-state index is 0.201. The Labute approximate surface area is 114 Å². The molecular weight excluding hydrogens is 242 g/mol. The molecule has 0 bridgehead atoms. The molecule has 1 saturated carbocycles. The molecule has 106 valence electrons. The molecule has 0 saturated heterocycles. The maximum absolute atomic E-state index is 5.87. The van der Waals surface area contributed by atoms with Crippen LogP contribution in [-0.4, -0.2) is 30.8 Å². The van der Waals surface area contributed by atoms with Crippen LogP contribution in [0, 0.1) is 5.92 Å². The molecule has 0 radical (unpaired) electrons. The zero-order valence-electron chi connectivity index (χ0n) is 11.7. The Kier molecular flexibility index (Phi) is 4.85. The fourth-order valence-corrected chi connectivity index (χ4v) is 1.72. The molecule has 3 N–H and O–H groups in total. The van der Waals surface area contributed by atoms with Crippen LogP contribution in [0.5, 0.6) is 5.88 Å². The van der Waals surface area contributed by atoms with E-state index in [4.69, 9.17) is 15.2 Å². The number of nitrogen functional groups attached to an aromatic ring is 1. The lowest BCUT2D eigenvalue weighted by atomic mass is 10.3. The Balaban J connectivity index is 1.90.